The molecule has 0 saturated carbocycles. The van der Waals surface area contributed by atoms with E-state index in [2.05, 4.69) is 58.0 Å². The molecule has 0 unspecified atom stereocenters. The minimum Gasteiger partial charge on any atom is -0.497 e. The molecule has 752 valence electrons. The summed E-state index contributed by atoms with van der Waals surface area (Å²) in [5.74, 6) is 3.83. The van der Waals surface area contributed by atoms with Gasteiger partial charge in [-0.3, -0.25) is 0 Å². The standard InChI is InChI=1S/C50H46O8.C41H44O4.C40H30O6/c1-3-49(29-53-30-49)33-55-39-21-13-35(14-22-39)17-27-45(51)57-43-25-19-37-9-5-7-11-41(37)47(43)48-42-12-8-6-10-38(42)20-26-44(48)58-46(52)28-18-36-15-23-40(24-16-36)56-34-50(4-2)31-54-32-50;1-3-5-7-13-29-43-34-24-19-31(20-25-34)21-28-39(42)45-38-27-23-33-16-10-12-18-36(33)41(38)40-35-17-11-9-15-32(35)22-26-37(40)44-30-14-8-6-4-2;1-43-31-19-11-27(12-20-31)15-25-37(41)45-35-23-17-29-7-3-5-9-33(29)39(35)40-34-10-6-4-8-30(34)18-24-36(40)46-38(42)26-16-28-13-21-32(44-2)22-14-28/h5-28H,3-4,29-34H2,1-2H3;9-12,15-28H,3-8,13-14,29-30H2,1-2H3;3-26H,1-2H3/b27-17+,28-18+;28-21-;25-15+,26-16+. The molecule has 0 atom stereocenters. The van der Waals surface area contributed by atoms with Crippen LogP contribution in [0.15, 0.2) is 370 Å². The van der Waals surface area contributed by atoms with Gasteiger partial charge in [-0.15, -0.1) is 0 Å². The van der Waals surface area contributed by atoms with Crippen molar-refractivity contribution in [3.05, 3.63) is 398 Å². The number of hydrogen-bond acceptors (Lipinski definition) is 18. The molecular weight excluding hydrogens is 1860 g/mol. The third-order valence-electron chi connectivity index (χ3n) is 26.8. The van der Waals surface area contributed by atoms with Gasteiger partial charge in [-0.05, 0) is 246 Å². The normalized spacial score (nSPS) is 13.0. The second-order valence-corrected chi connectivity index (χ2v) is 37.1. The fraction of sp³-hybridized carbons (Fsp3) is 0.198. The average Bonchev–Trinajstić information content (AvgIpc) is 0.757. The first-order valence-electron chi connectivity index (χ1n) is 50.9. The Hall–Kier alpha value is -16.9. The monoisotopic (exact) mass is 1980 g/mol. The molecule has 19 rings (SSSR count). The number of carbonyl (C=O) groups excluding carboxylic acids is 5. The summed E-state index contributed by atoms with van der Waals surface area (Å²) >= 11 is 0. The maximum absolute atomic E-state index is 13.5. The van der Waals surface area contributed by atoms with E-state index in [1.54, 1.807) is 68.9 Å². The van der Waals surface area contributed by atoms with Gasteiger partial charge in [0.05, 0.1) is 77.9 Å². The van der Waals surface area contributed by atoms with Crippen LogP contribution in [0.5, 0.6) is 63.2 Å². The van der Waals surface area contributed by atoms with Crippen LogP contribution in [-0.2, 0) is 33.4 Å². The van der Waals surface area contributed by atoms with Crippen molar-refractivity contribution in [1.82, 2.24) is 0 Å². The molecule has 0 aromatic heterocycles. The van der Waals surface area contributed by atoms with Crippen LogP contribution in [0, 0.1) is 10.8 Å². The number of methoxy groups -OCH3 is 2. The topological polar surface area (TPSA) is 205 Å². The van der Waals surface area contributed by atoms with E-state index in [0.717, 1.165) is 203 Å². The number of hydrogen-bond donors (Lipinski definition) is 0. The van der Waals surface area contributed by atoms with Gasteiger partial charge in [-0.2, -0.15) is 0 Å². The molecule has 17 aromatic carbocycles. The van der Waals surface area contributed by atoms with Crippen LogP contribution >= 0.6 is 0 Å². The summed E-state index contributed by atoms with van der Waals surface area (Å²) in [4.78, 5) is 66.6. The molecule has 18 nitrogen and oxygen atoms in total. The molecule has 0 N–H and O–H groups in total. The maximum Gasteiger partial charge on any atom is 0.336 e. The van der Waals surface area contributed by atoms with Crippen LogP contribution in [0.25, 0.3) is 128 Å². The largest absolute Gasteiger partial charge is 0.497 e. The minimum absolute atomic E-state index is 0.0865. The van der Waals surface area contributed by atoms with Gasteiger partial charge < -0.3 is 61.6 Å². The average molecular weight is 1980 g/mol. The summed E-state index contributed by atoms with van der Waals surface area (Å²) in [7, 11) is 3.20. The van der Waals surface area contributed by atoms with Crippen molar-refractivity contribution in [2.45, 2.75) is 91.9 Å². The molecule has 2 saturated heterocycles. The van der Waals surface area contributed by atoms with E-state index in [-0.39, 0.29) is 10.8 Å². The highest BCUT2D eigenvalue weighted by atomic mass is 16.6. The summed E-state index contributed by atoms with van der Waals surface area (Å²) in [6, 6.07) is 108. The van der Waals surface area contributed by atoms with Gasteiger partial charge in [0.2, 0.25) is 0 Å². The van der Waals surface area contributed by atoms with Gasteiger partial charge in [0, 0.05) is 63.8 Å². The van der Waals surface area contributed by atoms with E-state index in [9.17, 15) is 24.0 Å². The van der Waals surface area contributed by atoms with Crippen LogP contribution in [0.4, 0.5) is 0 Å². The summed E-state index contributed by atoms with van der Waals surface area (Å²) in [6.07, 6.45) is 26.8. The Labute approximate surface area is 869 Å². The Balaban J connectivity index is 0.000000154. The Bertz CT molecular complexity index is 7380. The van der Waals surface area contributed by atoms with E-state index in [1.807, 2.05) is 285 Å². The number of benzene rings is 17. The van der Waals surface area contributed by atoms with Crippen LogP contribution < -0.4 is 52.1 Å². The van der Waals surface area contributed by atoms with Crippen molar-refractivity contribution < 1.29 is 85.6 Å². The highest BCUT2D eigenvalue weighted by Gasteiger charge is 2.39. The summed E-state index contributed by atoms with van der Waals surface area (Å²) in [5, 5.41) is 11.3. The van der Waals surface area contributed by atoms with Crippen LogP contribution in [0.2, 0.25) is 0 Å². The zero-order chi connectivity index (χ0) is 103. The third-order valence-corrected chi connectivity index (χ3v) is 26.8. The maximum atomic E-state index is 13.5. The lowest BCUT2D eigenvalue weighted by Gasteiger charge is -2.40. The molecule has 18 heteroatoms. The molecule has 2 aliphatic rings. The highest BCUT2D eigenvalue weighted by molar-refractivity contribution is 6.15. The SMILES string of the molecule is CCC1(COc2ccc(/C=C/C(=O)Oc3ccc4ccccc4c3-c3c(OC(=O)/C=C/c4ccc(OCC5(CC)COC5)cc4)ccc4ccccc34)cc2)COC1.CCCCCCOc1ccc(/C=C\C(=O)Oc2ccc3ccccc3c2-c2c(OCCCCCC)ccc3ccccc23)cc1.COc1ccc(/C=C/C(=O)Oc2ccc3ccccc3c2-c2c(OC(=O)/C=C/c3ccc(OC)cc3)ccc3ccccc23)cc1. The van der Waals surface area contributed by atoms with Crippen LogP contribution in [-0.4, -0.2) is 96.9 Å². The Morgan fingerprint density at radius 1 is 0.242 bits per heavy atom. The lowest BCUT2D eigenvalue weighted by atomic mass is 9.84. The van der Waals surface area contributed by atoms with Gasteiger partial charge >= 0.3 is 29.8 Å². The molecule has 0 aliphatic carbocycles. The predicted molar refractivity (Wildman–Crippen MR) is 597 cm³/mol. The van der Waals surface area contributed by atoms with Gasteiger partial charge in [0.15, 0.2) is 0 Å². The fourth-order valence-corrected chi connectivity index (χ4v) is 18.1. The van der Waals surface area contributed by atoms with Gasteiger partial charge in [0.25, 0.3) is 0 Å². The van der Waals surface area contributed by atoms with Crippen molar-refractivity contribution >= 4 is 125 Å². The number of unbranched alkanes of at least 4 members (excludes halogenated alkanes) is 6. The Morgan fingerprint density at radius 2 is 0.463 bits per heavy atom. The summed E-state index contributed by atoms with van der Waals surface area (Å²) in [5.41, 5.74) is 8.73. The fourth-order valence-electron chi connectivity index (χ4n) is 18.1. The van der Waals surface area contributed by atoms with E-state index < -0.39 is 29.8 Å². The molecule has 0 bridgehead atoms. The Kier molecular flexibility index (Phi) is 35.2. The van der Waals surface area contributed by atoms with Crippen LogP contribution in [0.3, 0.4) is 0 Å². The first kappa shape index (κ1) is 103. The number of rotatable bonds is 40. The zero-order valence-electron chi connectivity index (χ0n) is 84.7. The molecule has 2 fully saturated rings. The molecule has 0 radical (unpaired) electrons. The smallest absolute Gasteiger partial charge is 0.336 e. The molecule has 149 heavy (non-hydrogen) atoms. The van der Waals surface area contributed by atoms with E-state index in [4.69, 9.17) is 61.6 Å². The van der Waals surface area contributed by atoms with Crippen molar-refractivity contribution in [2.75, 3.05) is 67.1 Å². The molecule has 17 aromatic rings. The highest BCUT2D eigenvalue weighted by Crippen LogP contribution is 2.50. The van der Waals surface area contributed by atoms with Crippen molar-refractivity contribution in [1.29, 1.82) is 0 Å². The minimum atomic E-state index is -0.549. The third kappa shape index (κ3) is 26.7. The molecule has 2 aliphatic heterocycles. The predicted octanol–water partition coefficient (Wildman–Crippen LogP) is 30.6. The number of esters is 5. The van der Waals surface area contributed by atoms with Crippen molar-refractivity contribution in [3.63, 3.8) is 0 Å². The zero-order valence-corrected chi connectivity index (χ0v) is 84.7. The molecule has 0 spiro atoms. The second-order valence-electron chi connectivity index (χ2n) is 37.1. The van der Waals surface area contributed by atoms with E-state index in [1.165, 1.54) is 62.5 Å². The first-order chi connectivity index (χ1) is 73.0. The second kappa shape index (κ2) is 50.7. The van der Waals surface area contributed by atoms with Gasteiger partial charge in [0.1, 0.15) is 63.2 Å². The number of ether oxygens (including phenoxy) is 13. The summed E-state index contributed by atoms with van der Waals surface area (Å²) in [6.45, 7) is 14.2. The molecular formula is C131H120O18. The van der Waals surface area contributed by atoms with Gasteiger partial charge in [-0.1, -0.05) is 309 Å². The lowest BCUT2D eigenvalue weighted by Crippen LogP contribution is -2.46. The number of carbonyl (C=O) groups is 5. The van der Waals surface area contributed by atoms with Crippen molar-refractivity contribution in [3.8, 4) is 96.6 Å². The Morgan fingerprint density at radius 3 is 0.691 bits per heavy atom. The molecule has 2 heterocycles. The first-order valence-corrected chi connectivity index (χ1v) is 50.9. The van der Waals surface area contributed by atoms with E-state index >= 15 is 0 Å². The van der Waals surface area contributed by atoms with Crippen LogP contribution in [0.1, 0.15) is 120 Å². The quantitative estimate of drug-likeness (QED) is 0.0151. The van der Waals surface area contributed by atoms with Gasteiger partial charge in [-0.25, -0.2) is 24.0 Å². The molecule has 0 amide bonds. The summed E-state index contributed by atoms with van der Waals surface area (Å²) < 4.78 is 75.9. The lowest BCUT2D eigenvalue weighted by molar-refractivity contribution is -0.133. The van der Waals surface area contributed by atoms with E-state index in [0.29, 0.717) is 70.8 Å². The number of fused-ring (bicyclic) bond motifs is 6. The van der Waals surface area contributed by atoms with Crippen molar-refractivity contribution in [2.24, 2.45) is 10.8 Å².